The van der Waals surface area contributed by atoms with Gasteiger partial charge in [-0.25, -0.2) is 0 Å². The highest BCUT2D eigenvalue weighted by Crippen LogP contribution is 2.13. The predicted octanol–water partition coefficient (Wildman–Crippen LogP) is 1.60. The summed E-state index contributed by atoms with van der Waals surface area (Å²) in [5.41, 5.74) is -0.199. The molecule has 0 saturated carbocycles. The molecule has 0 aliphatic rings. The number of hydrogen-bond acceptors (Lipinski definition) is 2. The van der Waals surface area contributed by atoms with E-state index in [4.69, 9.17) is 0 Å². The van der Waals surface area contributed by atoms with Gasteiger partial charge < -0.3 is 5.32 Å². The van der Waals surface area contributed by atoms with Crippen LogP contribution in [0.4, 0.5) is 0 Å². The quantitative estimate of drug-likeness (QED) is 0.614. The van der Waals surface area contributed by atoms with Gasteiger partial charge in [-0.2, -0.15) is 0 Å². The number of nitrogens with one attached hydrogen (secondary N) is 1. The molecular formula is C9H19NO. The zero-order chi connectivity index (χ0) is 8.91. The fourth-order valence-electron chi connectivity index (χ4n) is 0.702. The molecule has 0 aromatic rings. The molecule has 0 heterocycles. The van der Waals surface area contributed by atoms with Gasteiger partial charge in [0.2, 0.25) is 0 Å². The largest absolute Gasteiger partial charge is 0.316 e. The van der Waals surface area contributed by atoms with Gasteiger partial charge in [0, 0.05) is 12.0 Å². The van der Waals surface area contributed by atoms with E-state index in [1.807, 2.05) is 13.8 Å². The Bertz CT molecular complexity index is 130. The lowest BCUT2D eigenvalue weighted by molar-refractivity contribution is -0.124. The van der Waals surface area contributed by atoms with Gasteiger partial charge in [0.25, 0.3) is 0 Å². The Balaban J connectivity index is 3.64. The fourth-order valence-corrected chi connectivity index (χ4v) is 0.702. The molecule has 0 aromatic heterocycles. The second kappa shape index (κ2) is 4.50. The van der Waals surface area contributed by atoms with Crippen molar-refractivity contribution >= 4 is 5.78 Å². The molecule has 1 N–H and O–H groups in total. The molecule has 0 atom stereocenters. The van der Waals surface area contributed by atoms with Crippen LogP contribution in [0.5, 0.6) is 0 Å². The van der Waals surface area contributed by atoms with Gasteiger partial charge in [-0.15, -0.1) is 0 Å². The second-order valence-corrected chi connectivity index (χ2v) is 3.62. The monoisotopic (exact) mass is 157 g/mol. The van der Waals surface area contributed by atoms with Crippen LogP contribution in [0, 0.1) is 5.41 Å². The average molecular weight is 157 g/mol. The molecule has 66 valence electrons. The van der Waals surface area contributed by atoms with E-state index in [1.54, 1.807) is 6.92 Å². The molecule has 0 radical (unpaired) electrons. The fraction of sp³-hybridized carbons (Fsp3) is 0.889. The minimum Gasteiger partial charge on any atom is -0.316 e. The number of ketones is 1. The molecule has 0 unspecified atom stereocenters. The first kappa shape index (κ1) is 10.6. The summed E-state index contributed by atoms with van der Waals surface area (Å²) < 4.78 is 0. The van der Waals surface area contributed by atoms with Gasteiger partial charge in [-0.1, -0.05) is 20.8 Å². The predicted molar refractivity (Wildman–Crippen MR) is 47.6 cm³/mol. The maximum atomic E-state index is 11.0. The molecule has 0 aromatic carbocycles. The molecule has 0 rings (SSSR count). The van der Waals surface area contributed by atoms with E-state index in [0.717, 1.165) is 19.5 Å². The van der Waals surface area contributed by atoms with Crippen molar-refractivity contribution in [3.63, 3.8) is 0 Å². The van der Waals surface area contributed by atoms with E-state index in [0.29, 0.717) is 0 Å². The summed E-state index contributed by atoms with van der Waals surface area (Å²) in [5, 5.41) is 3.24. The number of carbonyl (C=O) groups excluding carboxylic acids is 1. The van der Waals surface area contributed by atoms with Crippen LogP contribution in [0.1, 0.15) is 34.1 Å². The van der Waals surface area contributed by atoms with E-state index < -0.39 is 0 Å². The third-order valence-corrected chi connectivity index (χ3v) is 1.95. The Morgan fingerprint density at radius 1 is 1.45 bits per heavy atom. The second-order valence-electron chi connectivity index (χ2n) is 3.62. The van der Waals surface area contributed by atoms with E-state index in [1.165, 1.54) is 0 Å². The van der Waals surface area contributed by atoms with E-state index in [2.05, 4.69) is 12.2 Å². The van der Waals surface area contributed by atoms with E-state index in [9.17, 15) is 4.79 Å². The van der Waals surface area contributed by atoms with Gasteiger partial charge in [0.1, 0.15) is 5.78 Å². The van der Waals surface area contributed by atoms with Gasteiger partial charge in [0.05, 0.1) is 0 Å². The normalized spacial score (nSPS) is 11.6. The summed E-state index contributed by atoms with van der Waals surface area (Å²) in [6.45, 7) is 9.49. The maximum absolute atomic E-state index is 11.0. The van der Waals surface area contributed by atoms with Crippen LogP contribution >= 0.6 is 0 Å². The molecule has 11 heavy (non-hydrogen) atoms. The number of carbonyl (C=O) groups is 1. The third-order valence-electron chi connectivity index (χ3n) is 1.95. The van der Waals surface area contributed by atoms with Crippen molar-refractivity contribution in [1.29, 1.82) is 0 Å². The minimum absolute atomic E-state index is 0.199. The summed E-state index contributed by atoms with van der Waals surface area (Å²) in [6, 6.07) is 0. The van der Waals surface area contributed by atoms with Crippen molar-refractivity contribution in [3.8, 4) is 0 Å². The molecule has 0 aliphatic heterocycles. The maximum Gasteiger partial charge on any atom is 0.136 e. The van der Waals surface area contributed by atoms with Crippen LogP contribution in [0.3, 0.4) is 0 Å². The highest BCUT2D eigenvalue weighted by molar-refractivity contribution is 5.81. The zero-order valence-corrected chi connectivity index (χ0v) is 8.03. The standard InChI is InChI=1S/C9H19NO/c1-5-6-10-7-9(3,4)8(2)11/h10H,5-7H2,1-4H3. The molecule has 2 heteroatoms. The van der Waals surface area contributed by atoms with Crippen LogP contribution in [0.2, 0.25) is 0 Å². The molecule has 0 bridgehead atoms. The molecular weight excluding hydrogens is 138 g/mol. The first-order chi connectivity index (χ1) is 5.00. The Labute approximate surface area is 69.4 Å². The van der Waals surface area contributed by atoms with Crippen molar-refractivity contribution in [1.82, 2.24) is 5.32 Å². The topological polar surface area (TPSA) is 29.1 Å². The van der Waals surface area contributed by atoms with Crippen LogP contribution in [-0.4, -0.2) is 18.9 Å². The minimum atomic E-state index is -0.199. The van der Waals surface area contributed by atoms with Crippen molar-refractivity contribution in [2.24, 2.45) is 5.41 Å². The summed E-state index contributed by atoms with van der Waals surface area (Å²) in [4.78, 5) is 11.0. The van der Waals surface area contributed by atoms with Gasteiger partial charge in [-0.05, 0) is 19.9 Å². The number of hydrogen-bond donors (Lipinski definition) is 1. The smallest absolute Gasteiger partial charge is 0.136 e. The summed E-state index contributed by atoms with van der Waals surface area (Å²) in [5.74, 6) is 0.251. The summed E-state index contributed by atoms with van der Waals surface area (Å²) >= 11 is 0. The molecule has 0 saturated heterocycles. The molecule has 2 nitrogen and oxygen atoms in total. The molecule has 0 aliphatic carbocycles. The van der Waals surface area contributed by atoms with Crippen molar-refractivity contribution in [2.45, 2.75) is 34.1 Å². The van der Waals surface area contributed by atoms with E-state index >= 15 is 0 Å². The van der Waals surface area contributed by atoms with Gasteiger partial charge in [-0.3, -0.25) is 4.79 Å². The lowest BCUT2D eigenvalue weighted by atomic mass is 9.89. The van der Waals surface area contributed by atoms with Crippen LogP contribution in [0.25, 0.3) is 0 Å². The Morgan fingerprint density at radius 2 is 2.00 bits per heavy atom. The van der Waals surface area contributed by atoms with Crippen LogP contribution in [-0.2, 0) is 4.79 Å². The zero-order valence-electron chi connectivity index (χ0n) is 8.03. The van der Waals surface area contributed by atoms with Crippen molar-refractivity contribution < 1.29 is 4.79 Å². The highest BCUT2D eigenvalue weighted by Gasteiger charge is 2.22. The average Bonchev–Trinajstić information content (AvgIpc) is 1.88. The Morgan fingerprint density at radius 3 is 2.36 bits per heavy atom. The number of rotatable bonds is 5. The third kappa shape index (κ3) is 4.14. The van der Waals surface area contributed by atoms with Crippen molar-refractivity contribution in [2.75, 3.05) is 13.1 Å². The molecule has 0 spiro atoms. The summed E-state index contributed by atoms with van der Waals surface area (Å²) in [7, 11) is 0. The lowest BCUT2D eigenvalue weighted by Gasteiger charge is -2.21. The van der Waals surface area contributed by atoms with Crippen molar-refractivity contribution in [3.05, 3.63) is 0 Å². The molecule has 0 amide bonds. The van der Waals surface area contributed by atoms with E-state index in [-0.39, 0.29) is 11.2 Å². The SMILES string of the molecule is CCCNCC(C)(C)C(C)=O. The number of Topliss-reactive ketones (excluding diaryl/α,β-unsaturated/α-hetero) is 1. The van der Waals surface area contributed by atoms with Crippen LogP contribution in [0.15, 0.2) is 0 Å². The lowest BCUT2D eigenvalue weighted by Crippen LogP contribution is -2.35. The summed E-state index contributed by atoms with van der Waals surface area (Å²) in [6.07, 6.45) is 1.12. The highest BCUT2D eigenvalue weighted by atomic mass is 16.1. The van der Waals surface area contributed by atoms with Gasteiger partial charge >= 0.3 is 0 Å². The van der Waals surface area contributed by atoms with Crippen LogP contribution < -0.4 is 5.32 Å². The Kier molecular flexibility index (Phi) is 4.34. The molecule has 0 fully saturated rings. The van der Waals surface area contributed by atoms with Gasteiger partial charge in [0.15, 0.2) is 0 Å². The Hall–Kier alpha value is -0.370. The first-order valence-corrected chi connectivity index (χ1v) is 4.22. The first-order valence-electron chi connectivity index (χ1n) is 4.22.